The van der Waals surface area contributed by atoms with Gasteiger partial charge in [0, 0.05) is 10.7 Å². The van der Waals surface area contributed by atoms with Crippen LogP contribution in [0, 0.1) is 6.92 Å². The lowest BCUT2D eigenvalue weighted by Gasteiger charge is -2.30. The molecule has 8 heteroatoms. The molecule has 1 heterocycles. The fourth-order valence-electron chi connectivity index (χ4n) is 3.35. The average molecular weight is 365 g/mol. The Morgan fingerprint density at radius 2 is 2.00 bits per heavy atom. The van der Waals surface area contributed by atoms with Crippen molar-refractivity contribution in [3.63, 3.8) is 0 Å². The van der Waals surface area contributed by atoms with Crippen molar-refractivity contribution in [2.75, 3.05) is 11.9 Å². The van der Waals surface area contributed by atoms with Crippen LogP contribution in [0.3, 0.4) is 0 Å². The molecule has 134 valence electrons. The van der Waals surface area contributed by atoms with Crippen LogP contribution in [0.2, 0.25) is 5.02 Å². The number of hydrogen-bond acceptors (Lipinski definition) is 4. The van der Waals surface area contributed by atoms with E-state index in [9.17, 15) is 14.4 Å². The number of amides is 4. The Hall–Kier alpha value is -2.28. The van der Waals surface area contributed by atoms with E-state index in [0.29, 0.717) is 17.9 Å². The normalized spacial score (nSPS) is 19.0. The molecule has 25 heavy (non-hydrogen) atoms. The van der Waals surface area contributed by atoms with Gasteiger partial charge in [0.1, 0.15) is 5.54 Å². The summed E-state index contributed by atoms with van der Waals surface area (Å²) >= 11 is 6.04. The zero-order valence-corrected chi connectivity index (χ0v) is 14.8. The molecular formula is C17H21ClN4O3. The largest absolute Gasteiger partial charge is 0.376 e. The predicted octanol–water partition coefficient (Wildman–Crippen LogP) is 2.35. The minimum atomic E-state index is -0.848. The number of rotatable bonds is 4. The Bertz CT molecular complexity index is 716. The molecule has 1 aromatic rings. The molecule has 3 N–H and O–H groups in total. The first-order valence-corrected chi connectivity index (χ1v) is 8.76. The molecule has 3 rings (SSSR count). The first-order valence-electron chi connectivity index (χ1n) is 8.38. The average Bonchev–Trinajstić information content (AvgIpc) is 2.81. The van der Waals surface area contributed by atoms with Crippen LogP contribution in [-0.2, 0) is 9.59 Å². The first-order chi connectivity index (χ1) is 11.9. The number of nitrogens with one attached hydrogen (secondary N) is 3. The Morgan fingerprint density at radius 1 is 1.28 bits per heavy atom. The summed E-state index contributed by atoms with van der Waals surface area (Å²) in [6.07, 6.45) is 4.07. The minimum absolute atomic E-state index is 0.0781. The molecule has 0 atom stereocenters. The van der Waals surface area contributed by atoms with E-state index in [2.05, 4.69) is 16.1 Å². The van der Waals surface area contributed by atoms with Gasteiger partial charge in [-0.1, -0.05) is 36.9 Å². The SMILES string of the molecule is Cc1c(Cl)cccc1NCC(=O)NN1C(=O)NC2(CCCCC2)C1=O. The second kappa shape index (κ2) is 6.92. The number of imide groups is 1. The summed E-state index contributed by atoms with van der Waals surface area (Å²) in [6.45, 7) is 1.76. The van der Waals surface area contributed by atoms with Crippen LogP contribution in [-0.4, -0.2) is 34.9 Å². The second-order valence-electron chi connectivity index (χ2n) is 6.51. The van der Waals surface area contributed by atoms with Crippen molar-refractivity contribution in [3.05, 3.63) is 28.8 Å². The van der Waals surface area contributed by atoms with Crippen molar-refractivity contribution < 1.29 is 14.4 Å². The van der Waals surface area contributed by atoms with Crippen molar-refractivity contribution >= 4 is 35.1 Å². The van der Waals surface area contributed by atoms with E-state index in [1.807, 2.05) is 6.92 Å². The summed E-state index contributed by atoms with van der Waals surface area (Å²) < 4.78 is 0. The summed E-state index contributed by atoms with van der Waals surface area (Å²) in [5.41, 5.74) is 3.10. The standard InChI is InChI=1S/C17H21ClN4O3/c1-11-12(18)6-5-7-13(11)19-10-14(23)21-22-15(24)17(20-16(22)25)8-3-2-4-9-17/h5-7,19H,2-4,8-10H2,1H3,(H,20,25)(H,21,23). The number of carbonyl (C=O) groups excluding carboxylic acids is 3. The van der Waals surface area contributed by atoms with E-state index in [0.717, 1.165) is 35.5 Å². The summed E-state index contributed by atoms with van der Waals surface area (Å²) in [5.74, 6) is -0.847. The smallest absolute Gasteiger partial charge is 0.344 e. The van der Waals surface area contributed by atoms with E-state index >= 15 is 0 Å². The highest BCUT2D eigenvalue weighted by molar-refractivity contribution is 6.31. The van der Waals surface area contributed by atoms with Gasteiger partial charge in [-0.3, -0.25) is 15.0 Å². The molecule has 0 aromatic heterocycles. The number of urea groups is 1. The quantitative estimate of drug-likeness (QED) is 0.715. The number of hydrogen-bond donors (Lipinski definition) is 3. The molecule has 2 fully saturated rings. The monoisotopic (exact) mass is 364 g/mol. The number of anilines is 1. The van der Waals surface area contributed by atoms with E-state index in [1.165, 1.54) is 0 Å². The molecule has 1 saturated carbocycles. The summed E-state index contributed by atoms with van der Waals surface area (Å²) in [5, 5.41) is 7.11. The molecule has 0 bridgehead atoms. The van der Waals surface area contributed by atoms with Gasteiger partial charge in [-0.05, 0) is 37.5 Å². The van der Waals surface area contributed by atoms with Gasteiger partial charge in [0.05, 0.1) is 6.54 Å². The van der Waals surface area contributed by atoms with E-state index < -0.39 is 17.5 Å². The second-order valence-corrected chi connectivity index (χ2v) is 6.92. The van der Waals surface area contributed by atoms with Crippen molar-refractivity contribution in [1.82, 2.24) is 15.8 Å². The molecule has 1 aliphatic heterocycles. The third-order valence-electron chi connectivity index (χ3n) is 4.81. The third-order valence-corrected chi connectivity index (χ3v) is 5.22. The summed E-state index contributed by atoms with van der Waals surface area (Å²) in [7, 11) is 0. The van der Waals surface area contributed by atoms with Crippen LogP contribution in [0.5, 0.6) is 0 Å². The number of hydrazine groups is 1. The lowest BCUT2D eigenvalue weighted by Crippen LogP contribution is -2.51. The third kappa shape index (κ3) is 3.42. The van der Waals surface area contributed by atoms with Crippen LogP contribution in [0.4, 0.5) is 10.5 Å². The van der Waals surface area contributed by atoms with Crippen molar-refractivity contribution in [3.8, 4) is 0 Å². The molecule has 0 unspecified atom stereocenters. The van der Waals surface area contributed by atoms with Crippen LogP contribution >= 0.6 is 11.6 Å². The van der Waals surface area contributed by atoms with Gasteiger partial charge in [-0.15, -0.1) is 0 Å². The van der Waals surface area contributed by atoms with Crippen LogP contribution in [0.15, 0.2) is 18.2 Å². The Labute approximate surface area is 151 Å². The maximum absolute atomic E-state index is 12.6. The van der Waals surface area contributed by atoms with Crippen LogP contribution in [0.25, 0.3) is 0 Å². The Kier molecular flexibility index (Phi) is 4.85. The first kappa shape index (κ1) is 17.5. The fraction of sp³-hybridized carbons (Fsp3) is 0.471. The number of carbonyl (C=O) groups is 3. The summed E-state index contributed by atoms with van der Waals surface area (Å²) in [6, 6.07) is 4.78. The van der Waals surface area contributed by atoms with Crippen molar-refractivity contribution in [2.45, 2.75) is 44.6 Å². The van der Waals surface area contributed by atoms with Gasteiger partial charge in [0.25, 0.3) is 11.8 Å². The maximum atomic E-state index is 12.6. The lowest BCUT2D eigenvalue weighted by molar-refractivity contribution is -0.139. The molecule has 7 nitrogen and oxygen atoms in total. The number of halogens is 1. The number of nitrogens with zero attached hydrogens (tertiary/aromatic N) is 1. The molecule has 1 spiro atoms. The van der Waals surface area contributed by atoms with Crippen molar-refractivity contribution in [2.24, 2.45) is 0 Å². The zero-order chi connectivity index (χ0) is 18.0. The molecule has 1 aromatic carbocycles. The molecular weight excluding hydrogens is 344 g/mol. The van der Waals surface area contributed by atoms with Crippen LogP contribution < -0.4 is 16.1 Å². The van der Waals surface area contributed by atoms with Gasteiger partial charge in [-0.2, -0.15) is 5.01 Å². The van der Waals surface area contributed by atoms with E-state index in [-0.39, 0.29) is 12.5 Å². The van der Waals surface area contributed by atoms with Gasteiger partial charge >= 0.3 is 6.03 Å². The van der Waals surface area contributed by atoms with Gasteiger partial charge < -0.3 is 10.6 Å². The number of benzene rings is 1. The highest BCUT2D eigenvalue weighted by atomic mass is 35.5. The van der Waals surface area contributed by atoms with Gasteiger partial charge in [0.2, 0.25) is 0 Å². The van der Waals surface area contributed by atoms with E-state index in [4.69, 9.17) is 11.6 Å². The molecule has 1 saturated heterocycles. The maximum Gasteiger partial charge on any atom is 0.344 e. The molecule has 0 radical (unpaired) electrons. The Balaban J connectivity index is 1.60. The lowest BCUT2D eigenvalue weighted by atomic mass is 9.82. The van der Waals surface area contributed by atoms with Gasteiger partial charge in [-0.25, -0.2) is 4.79 Å². The fourth-order valence-corrected chi connectivity index (χ4v) is 3.53. The molecule has 2 aliphatic rings. The topological polar surface area (TPSA) is 90.5 Å². The zero-order valence-electron chi connectivity index (χ0n) is 14.0. The van der Waals surface area contributed by atoms with E-state index in [1.54, 1.807) is 18.2 Å². The van der Waals surface area contributed by atoms with Gasteiger partial charge in [0.15, 0.2) is 0 Å². The summed E-state index contributed by atoms with van der Waals surface area (Å²) in [4.78, 5) is 36.8. The Morgan fingerprint density at radius 3 is 2.72 bits per heavy atom. The molecule has 1 aliphatic carbocycles. The highest BCUT2D eigenvalue weighted by Crippen LogP contribution is 2.33. The van der Waals surface area contributed by atoms with Crippen molar-refractivity contribution in [1.29, 1.82) is 0 Å². The minimum Gasteiger partial charge on any atom is -0.376 e. The molecule has 4 amide bonds. The predicted molar refractivity (Wildman–Crippen MR) is 94.0 cm³/mol. The highest BCUT2D eigenvalue weighted by Gasteiger charge is 2.52. The van der Waals surface area contributed by atoms with Crippen LogP contribution in [0.1, 0.15) is 37.7 Å².